The lowest BCUT2D eigenvalue weighted by molar-refractivity contribution is 0.0930. The third-order valence-electron chi connectivity index (χ3n) is 5.24. The maximum atomic E-state index is 13.5. The van der Waals surface area contributed by atoms with Gasteiger partial charge in [0.1, 0.15) is 5.82 Å². The number of carbonyl (C=O) groups excluding carboxylic acids is 1. The summed E-state index contributed by atoms with van der Waals surface area (Å²) in [6.07, 6.45) is 2.92. The van der Waals surface area contributed by atoms with Gasteiger partial charge in [-0.15, -0.1) is 0 Å². The lowest BCUT2D eigenvalue weighted by atomic mass is 10.0. The number of benzene rings is 2. The standard InChI is InChI=1S/C22H21ClFN3O3S/c23-16-2-1-3-19(14-16)31(29,30)27-13-10-20(21(27)15-4-6-17(24)7-5-15)22(28)26-18-8-11-25-12-9-18/h1-7,10,13-14,18,25H,8-9,11-12H2,(H,26,28). The lowest BCUT2D eigenvalue weighted by Gasteiger charge is -2.23. The van der Waals surface area contributed by atoms with Crippen molar-refractivity contribution in [2.24, 2.45) is 0 Å². The molecule has 0 aliphatic carbocycles. The van der Waals surface area contributed by atoms with Crippen molar-refractivity contribution in [1.82, 2.24) is 14.6 Å². The monoisotopic (exact) mass is 461 g/mol. The van der Waals surface area contributed by atoms with Crippen molar-refractivity contribution >= 4 is 27.5 Å². The maximum Gasteiger partial charge on any atom is 0.268 e. The first-order valence-electron chi connectivity index (χ1n) is 9.86. The number of halogens is 2. The molecule has 0 radical (unpaired) electrons. The third kappa shape index (κ3) is 4.51. The Morgan fingerprint density at radius 2 is 1.81 bits per heavy atom. The summed E-state index contributed by atoms with van der Waals surface area (Å²) in [5, 5.41) is 6.50. The minimum absolute atomic E-state index is 0.00250. The van der Waals surface area contributed by atoms with Crippen LogP contribution in [0.3, 0.4) is 0 Å². The number of nitrogens with one attached hydrogen (secondary N) is 2. The van der Waals surface area contributed by atoms with Gasteiger partial charge >= 0.3 is 0 Å². The van der Waals surface area contributed by atoms with Gasteiger partial charge in [0.15, 0.2) is 0 Å². The van der Waals surface area contributed by atoms with Gasteiger partial charge in [0, 0.05) is 22.8 Å². The van der Waals surface area contributed by atoms with Gasteiger partial charge < -0.3 is 10.6 Å². The zero-order valence-corrected chi connectivity index (χ0v) is 18.1. The Labute approximate surface area is 185 Å². The van der Waals surface area contributed by atoms with Crippen LogP contribution in [-0.2, 0) is 10.0 Å². The molecule has 2 aromatic carbocycles. The first kappa shape index (κ1) is 21.5. The van der Waals surface area contributed by atoms with Crippen molar-refractivity contribution < 1.29 is 17.6 Å². The summed E-state index contributed by atoms with van der Waals surface area (Å²) in [7, 11) is -4.05. The van der Waals surface area contributed by atoms with Crippen LogP contribution < -0.4 is 10.6 Å². The van der Waals surface area contributed by atoms with Crippen LogP contribution >= 0.6 is 11.6 Å². The molecular weight excluding hydrogens is 441 g/mol. The molecule has 1 fully saturated rings. The molecule has 1 aromatic heterocycles. The van der Waals surface area contributed by atoms with E-state index in [-0.39, 0.29) is 33.1 Å². The van der Waals surface area contributed by atoms with Gasteiger partial charge in [0.25, 0.3) is 15.9 Å². The van der Waals surface area contributed by atoms with E-state index in [1.165, 1.54) is 48.7 Å². The van der Waals surface area contributed by atoms with Crippen LogP contribution in [0.2, 0.25) is 5.02 Å². The van der Waals surface area contributed by atoms with Gasteiger partial charge in [-0.25, -0.2) is 16.8 Å². The Bertz CT molecular complexity index is 1200. The number of aromatic nitrogens is 1. The summed E-state index contributed by atoms with van der Waals surface area (Å²) >= 11 is 5.99. The largest absolute Gasteiger partial charge is 0.349 e. The summed E-state index contributed by atoms with van der Waals surface area (Å²) in [6, 6.07) is 12.7. The predicted octanol–water partition coefficient (Wildman–Crippen LogP) is 3.67. The second kappa shape index (κ2) is 8.82. The quantitative estimate of drug-likeness (QED) is 0.607. The molecule has 1 aliphatic rings. The van der Waals surface area contributed by atoms with Gasteiger partial charge in [0.2, 0.25) is 0 Å². The highest BCUT2D eigenvalue weighted by Gasteiger charge is 2.27. The van der Waals surface area contributed by atoms with Crippen LogP contribution in [0.1, 0.15) is 23.2 Å². The van der Waals surface area contributed by atoms with Gasteiger partial charge in [-0.3, -0.25) is 4.79 Å². The second-order valence-electron chi connectivity index (χ2n) is 7.34. The summed E-state index contributed by atoms with van der Waals surface area (Å²) < 4.78 is 41.3. The number of rotatable bonds is 5. The molecule has 4 rings (SSSR count). The van der Waals surface area contributed by atoms with Crippen LogP contribution in [0.5, 0.6) is 0 Å². The number of hydrogen-bond donors (Lipinski definition) is 2. The smallest absolute Gasteiger partial charge is 0.268 e. The molecule has 1 amide bonds. The topological polar surface area (TPSA) is 80.2 Å². The van der Waals surface area contributed by atoms with Crippen LogP contribution in [0.15, 0.2) is 65.7 Å². The fourth-order valence-corrected chi connectivity index (χ4v) is 5.33. The van der Waals surface area contributed by atoms with Crippen LogP contribution in [0.4, 0.5) is 4.39 Å². The van der Waals surface area contributed by atoms with Crippen molar-refractivity contribution in [2.75, 3.05) is 13.1 Å². The second-order valence-corrected chi connectivity index (χ2v) is 9.59. The zero-order valence-electron chi connectivity index (χ0n) is 16.5. The normalized spacial score (nSPS) is 15.0. The summed E-state index contributed by atoms with van der Waals surface area (Å²) in [5.74, 6) is -0.827. The molecule has 3 aromatic rings. The molecule has 0 atom stereocenters. The molecule has 162 valence electrons. The average molecular weight is 462 g/mol. The fourth-order valence-electron chi connectivity index (χ4n) is 3.66. The summed E-state index contributed by atoms with van der Waals surface area (Å²) in [4.78, 5) is 13.1. The number of amides is 1. The van der Waals surface area contributed by atoms with Crippen LogP contribution in [0, 0.1) is 5.82 Å². The van der Waals surface area contributed by atoms with E-state index in [0.29, 0.717) is 5.56 Å². The van der Waals surface area contributed by atoms with E-state index in [9.17, 15) is 17.6 Å². The van der Waals surface area contributed by atoms with Gasteiger partial charge in [0.05, 0.1) is 16.2 Å². The number of nitrogens with zero attached hydrogens (tertiary/aromatic N) is 1. The molecule has 0 spiro atoms. The predicted molar refractivity (Wildman–Crippen MR) is 117 cm³/mol. The van der Waals surface area contributed by atoms with E-state index in [1.807, 2.05) is 0 Å². The Kier molecular flexibility index (Phi) is 6.13. The molecular formula is C22H21ClFN3O3S. The number of hydrogen-bond acceptors (Lipinski definition) is 4. The lowest BCUT2D eigenvalue weighted by Crippen LogP contribution is -2.42. The molecule has 0 bridgehead atoms. The van der Waals surface area contributed by atoms with Gasteiger partial charge in [-0.1, -0.05) is 17.7 Å². The highest BCUT2D eigenvalue weighted by molar-refractivity contribution is 7.90. The molecule has 1 aliphatic heterocycles. The first-order valence-corrected chi connectivity index (χ1v) is 11.7. The fraction of sp³-hybridized carbons (Fsp3) is 0.227. The Hall–Kier alpha value is -2.68. The maximum absolute atomic E-state index is 13.5. The van der Waals surface area contributed by atoms with E-state index in [2.05, 4.69) is 10.6 Å². The third-order valence-corrected chi connectivity index (χ3v) is 7.15. The molecule has 9 heteroatoms. The SMILES string of the molecule is O=C(NC1CCNCC1)c1ccn(S(=O)(=O)c2cccc(Cl)c2)c1-c1ccc(F)cc1. The number of carbonyl (C=O) groups is 1. The van der Waals surface area contributed by atoms with Crippen molar-refractivity contribution in [3.63, 3.8) is 0 Å². The Balaban J connectivity index is 1.80. The highest BCUT2D eigenvalue weighted by Crippen LogP contribution is 2.30. The molecule has 2 N–H and O–H groups in total. The zero-order chi connectivity index (χ0) is 22.0. The average Bonchev–Trinajstić information content (AvgIpc) is 3.21. The van der Waals surface area contributed by atoms with Crippen molar-refractivity contribution in [2.45, 2.75) is 23.8 Å². The van der Waals surface area contributed by atoms with E-state index in [0.717, 1.165) is 29.9 Å². The Morgan fingerprint density at radius 1 is 1.10 bits per heavy atom. The van der Waals surface area contributed by atoms with Gasteiger partial charge in [-0.05, 0) is 74.5 Å². The number of piperidine rings is 1. The van der Waals surface area contributed by atoms with E-state index < -0.39 is 15.8 Å². The molecule has 31 heavy (non-hydrogen) atoms. The first-order chi connectivity index (χ1) is 14.9. The van der Waals surface area contributed by atoms with E-state index >= 15 is 0 Å². The molecule has 0 unspecified atom stereocenters. The van der Waals surface area contributed by atoms with E-state index in [1.54, 1.807) is 12.1 Å². The highest BCUT2D eigenvalue weighted by atomic mass is 35.5. The van der Waals surface area contributed by atoms with Crippen molar-refractivity contribution in [3.8, 4) is 11.3 Å². The minimum atomic E-state index is -4.05. The minimum Gasteiger partial charge on any atom is -0.349 e. The van der Waals surface area contributed by atoms with Crippen LogP contribution in [0.25, 0.3) is 11.3 Å². The van der Waals surface area contributed by atoms with Crippen molar-refractivity contribution in [1.29, 1.82) is 0 Å². The molecule has 2 heterocycles. The summed E-state index contributed by atoms with van der Waals surface area (Å²) in [6.45, 7) is 1.61. The summed E-state index contributed by atoms with van der Waals surface area (Å²) in [5.41, 5.74) is 0.787. The Morgan fingerprint density at radius 3 is 2.48 bits per heavy atom. The van der Waals surface area contributed by atoms with Crippen LogP contribution in [-0.4, -0.2) is 37.4 Å². The molecule has 6 nitrogen and oxygen atoms in total. The van der Waals surface area contributed by atoms with Gasteiger partial charge in [-0.2, -0.15) is 0 Å². The molecule has 1 saturated heterocycles. The molecule has 0 saturated carbocycles. The van der Waals surface area contributed by atoms with E-state index in [4.69, 9.17) is 11.6 Å². The van der Waals surface area contributed by atoms with Crippen molar-refractivity contribution in [3.05, 3.63) is 77.2 Å².